The first-order chi connectivity index (χ1) is 16.6. The highest BCUT2D eigenvalue weighted by molar-refractivity contribution is 5.95. The number of nitrogens with one attached hydrogen (secondary N) is 2. The molecule has 1 aromatic carbocycles. The van der Waals surface area contributed by atoms with E-state index in [9.17, 15) is 19.2 Å². The van der Waals surface area contributed by atoms with Crippen molar-refractivity contribution in [3.63, 3.8) is 0 Å². The second-order valence-electron chi connectivity index (χ2n) is 11.1. The second kappa shape index (κ2) is 11.5. The third kappa shape index (κ3) is 8.29. The topological polar surface area (TPSA) is 131 Å². The van der Waals surface area contributed by atoms with Crippen molar-refractivity contribution >= 4 is 23.8 Å². The van der Waals surface area contributed by atoms with Crippen molar-refractivity contribution < 1.29 is 23.9 Å². The van der Waals surface area contributed by atoms with E-state index in [1.165, 1.54) is 4.90 Å². The van der Waals surface area contributed by atoms with Crippen LogP contribution in [0.15, 0.2) is 24.3 Å². The van der Waals surface area contributed by atoms with Gasteiger partial charge in [0.15, 0.2) is 0 Å². The van der Waals surface area contributed by atoms with Crippen LogP contribution in [0.25, 0.3) is 0 Å². The molecule has 0 saturated heterocycles. The zero-order valence-electron chi connectivity index (χ0n) is 22.0. The molecule has 2 unspecified atom stereocenters. The number of terminal acetylenes is 1. The summed E-state index contributed by atoms with van der Waals surface area (Å²) >= 11 is 0. The molecule has 9 heteroatoms. The lowest BCUT2D eigenvalue weighted by Crippen LogP contribution is -2.59. The number of ether oxygens (including phenoxy) is 1. The molecular formula is C27H38N4O5. The van der Waals surface area contributed by atoms with Gasteiger partial charge in [-0.15, -0.1) is 6.42 Å². The first-order valence-corrected chi connectivity index (χ1v) is 12.1. The van der Waals surface area contributed by atoms with Crippen LogP contribution in [0.4, 0.5) is 4.79 Å². The molecule has 0 radical (unpaired) electrons. The van der Waals surface area contributed by atoms with Crippen molar-refractivity contribution in [1.29, 1.82) is 0 Å². The number of rotatable bonds is 8. The van der Waals surface area contributed by atoms with Crippen molar-refractivity contribution in [1.82, 2.24) is 15.5 Å². The molecule has 0 spiro atoms. The molecule has 0 aromatic heterocycles. The monoisotopic (exact) mass is 498 g/mol. The number of hydrogen-bond acceptors (Lipinski definition) is 5. The maximum atomic E-state index is 14.0. The number of amides is 4. The van der Waals surface area contributed by atoms with E-state index in [2.05, 4.69) is 16.6 Å². The highest BCUT2D eigenvalue weighted by atomic mass is 16.6. The fourth-order valence-electron chi connectivity index (χ4n) is 3.85. The van der Waals surface area contributed by atoms with Gasteiger partial charge in [-0.25, -0.2) is 4.79 Å². The average Bonchev–Trinajstić information content (AvgIpc) is 2.68. The van der Waals surface area contributed by atoms with Crippen molar-refractivity contribution in [2.24, 2.45) is 5.73 Å². The Balaban J connectivity index is 2.53. The lowest BCUT2D eigenvalue weighted by Gasteiger charge is -2.44. The van der Waals surface area contributed by atoms with Gasteiger partial charge in [0.25, 0.3) is 0 Å². The molecule has 9 nitrogen and oxygen atoms in total. The summed E-state index contributed by atoms with van der Waals surface area (Å²) in [7, 11) is 0. The third-order valence-corrected chi connectivity index (χ3v) is 5.53. The standard InChI is InChI=1S/C27H38N4O5/c1-8-17-12-14-18(15-13-17)22(23(33)30-26(2,3)4)31(19-10-9-11-19)24(34)20(16-21(28)32)29-25(35)36-27(5,6)7/h1,12-15,19-20,22H,9-11,16H2,2-7H3,(H2,28,32)(H,29,35)(H,30,33). The van der Waals surface area contributed by atoms with Crippen LogP contribution in [-0.2, 0) is 19.1 Å². The van der Waals surface area contributed by atoms with E-state index in [0.29, 0.717) is 24.0 Å². The molecule has 0 heterocycles. The minimum atomic E-state index is -1.30. The maximum Gasteiger partial charge on any atom is 0.408 e. The van der Waals surface area contributed by atoms with E-state index in [0.717, 1.165) is 6.42 Å². The molecule has 4 N–H and O–H groups in total. The fourth-order valence-corrected chi connectivity index (χ4v) is 3.85. The SMILES string of the molecule is C#Cc1ccc(C(C(=O)NC(C)(C)C)N(C(=O)C(CC(N)=O)NC(=O)OC(C)(C)C)C2CCC2)cc1. The molecule has 0 aliphatic heterocycles. The van der Waals surface area contributed by atoms with Crippen molar-refractivity contribution in [3.05, 3.63) is 35.4 Å². The Morgan fingerprint density at radius 3 is 2.11 bits per heavy atom. The summed E-state index contributed by atoms with van der Waals surface area (Å²) in [6, 6.07) is 4.27. The Morgan fingerprint density at radius 2 is 1.69 bits per heavy atom. The lowest BCUT2D eigenvalue weighted by molar-refractivity contribution is -0.148. The molecule has 1 fully saturated rings. The Bertz CT molecular complexity index is 1010. The van der Waals surface area contributed by atoms with Gasteiger partial charge in [0.2, 0.25) is 17.7 Å². The summed E-state index contributed by atoms with van der Waals surface area (Å²) in [5, 5.41) is 5.45. The second-order valence-corrected chi connectivity index (χ2v) is 11.1. The summed E-state index contributed by atoms with van der Waals surface area (Å²) in [6.07, 6.45) is 6.45. The Hall–Kier alpha value is -3.54. The summed E-state index contributed by atoms with van der Waals surface area (Å²) in [6.45, 7) is 10.6. The molecule has 36 heavy (non-hydrogen) atoms. The van der Waals surface area contributed by atoms with Crippen LogP contribution >= 0.6 is 0 Å². The molecule has 1 aliphatic carbocycles. The van der Waals surface area contributed by atoms with Gasteiger partial charge < -0.3 is 26.0 Å². The number of carbonyl (C=O) groups is 4. The summed E-state index contributed by atoms with van der Waals surface area (Å²) in [5.74, 6) is 0.806. The van der Waals surface area contributed by atoms with Gasteiger partial charge in [-0.05, 0) is 78.5 Å². The van der Waals surface area contributed by atoms with Gasteiger partial charge in [-0.3, -0.25) is 14.4 Å². The smallest absolute Gasteiger partial charge is 0.408 e. The van der Waals surface area contributed by atoms with E-state index < -0.39 is 47.6 Å². The van der Waals surface area contributed by atoms with Gasteiger partial charge in [-0.2, -0.15) is 0 Å². The van der Waals surface area contributed by atoms with Gasteiger partial charge >= 0.3 is 6.09 Å². The van der Waals surface area contributed by atoms with Crippen LogP contribution < -0.4 is 16.4 Å². The molecule has 1 aliphatic rings. The van der Waals surface area contributed by atoms with Crippen LogP contribution in [0, 0.1) is 12.3 Å². The van der Waals surface area contributed by atoms with Gasteiger partial charge in [0.05, 0.1) is 6.42 Å². The minimum absolute atomic E-state index is 0.253. The predicted molar refractivity (Wildman–Crippen MR) is 136 cm³/mol. The third-order valence-electron chi connectivity index (χ3n) is 5.53. The largest absolute Gasteiger partial charge is 0.444 e. The number of hydrogen-bond donors (Lipinski definition) is 3. The van der Waals surface area contributed by atoms with Crippen molar-refractivity contribution in [3.8, 4) is 12.3 Å². The quantitative estimate of drug-likeness (QED) is 0.475. The van der Waals surface area contributed by atoms with Crippen LogP contribution in [0.2, 0.25) is 0 Å². The Labute approximate surface area is 213 Å². The first kappa shape index (κ1) is 28.7. The Morgan fingerprint density at radius 1 is 1.11 bits per heavy atom. The highest BCUT2D eigenvalue weighted by Crippen LogP contribution is 2.34. The van der Waals surface area contributed by atoms with Gasteiger partial charge in [-0.1, -0.05) is 18.1 Å². The molecule has 2 atom stereocenters. The number of primary amides is 1. The lowest BCUT2D eigenvalue weighted by atomic mass is 9.87. The average molecular weight is 499 g/mol. The van der Waals surface area contributed by atoms with Crippen molar-refractivity contribution in [2.45, 2.75) is 96.5 Å². The minimum Gasteiger partial charge on any atom is -0.444 e. The predicted octanol–water partition coefficient (Wildman–Crippen LogP) is 2.77. The van der Waals surface area contributed by atoms with E-state index in [1.54, 1.807) is 45.0 Å². The number of benzene rings is 1. The van der Waals surface area contributed by atoms with Gasteiger partial charge in [0, 0.05) is 17.1 Å². The van der Waals surface area contributed by atoms with E-state index in [1.807, 2.05) is 20.8 Å². The molecule has 1 saturated carbocycles. The van der Waals surface area contributed by atoms with Crippen LogP contribution in [0.1, 0.15) is 84.4 Å². The number of nitrogens with two attached hydrogens (primary N) is 1. The zero-order valence-corrected chi connectivity index (χ0v) is 22.0. The molecule has 2 rings (SSSR count). The summed E-state index contributed by atoms with van der Waals surface area (Å²) in [4.78, 5) is 53.4. The van der Waals surface area contributed by atoms with Crippen LogP contribution in [-0.4, -0.2) is 51.9 Å². The highest BCUT2D eigenvalue weighted by Gasteiger charge is 2.43. The number of carbonyl (C=O) groups excluding carboxylic acids is 4. The molecule has 4 amide bonds. The van der Waals surface area contributed by atoms with Crippen molar-refractivity contribution in [2.75, 3.05) is 0 Å². The van der Waals surface area contributed by atoms with E-state index in [-0.39, 0.29) is 11.9 Å². The number of nitrogens with zero attached hydrogens (tertiary/aromatic N) is 1. The van der Waals surface area contributed by atoms with E-state index >= 15 is 0 Å². The summed E-state index contributed by atoms with van der Waals surface area (Å²) < 4.78 is 5.29. The fraction of sp³-hybridized carbons (Fsp3) is 0.556. The summed E-state index contributed by atoms with van der Waals surface area (Å²) in [5.41, 5.74) is 5.23. The van der Waals surface area contributed by atoms with E-state index in [4.69, 9.17) is 16.9 Å². The zero-order chi connectivity index (χ0) is 27.3. The van der Waals surface area contributed by atoms with Gasteiger partial charge in [0.1, 0.15) is 17.7 Å². The first-order valence-electron chi connectivity index (χ1n) is 12.1. The Kier molecular flexibility index (Phi) is 9.14. The normalized spacial score (nSPS) is 15.5. The van der Waals surface area contributed by atoms with Crippen LogP contribution in [0.5, 0.6) is 0 Å². The molecule has 1 aromatic rings. The molecular weight excluding hydrogens is 460 g/mol. The van der Waals surface area contributed by atoms with Crippen LogP contribution in [0.3, 0.4) is 0 Å². The molecule has 0 bridgehead atoms. The maximum absolute atomic E-state index is 14.0. The molecule has 196 valence electrons. The number of alkyl carbamates (subject to hydrolysis) is 1.